The smallest absolute Gasteiger partial charge is 0.0919 e. The minimum atomic E-state index is -0.357. The number of hydrogen-bond acceptors (Lipinski definition) is 2. The Balaban J connectivity index is 1.98. The maximum atomic E-state index is 10.4. The van der Waals surface area contributed by atoms with Gasteiger partial charge in [0.1, 0.15) is 0 Å². The average molecular weight is 247 g/mol. The molecule has 1 aliphatic carbocycles. The fraction of sp³-hybridized carbons (Fsp3) is 0.625. The number of aryl methyl sites for hydroxylation is 2. The van der Waals surface area contributed by atoms with Crippen molar-refractivity contribution in [1.82, 2.24) is 4.90 Å². The zero-order valence-corrected chi connectivity index (χ0v) is 11.8. The molecule has 1 fully saturated rings. The van der Waals surface area contributed by atoms with Crippen LogP contribution in [0.4, 0.5) is 0 Å². The van der Waals surface area contributed by atoms with Crippen molar-refractivity contribution in [3.8, 4) is 0 Å². The number of likely N-dealkylation sites (N-methyl/N-ethyl adjacent to an activating group) is 1. The van der Waals surface area contributed by atoms with Gasteiger partial charge in [0.05, 0.1) is 6.10 Å². The van der Waals surface area contributed by atoms with Crippen LogP contribution in [0.3, 0.4) is 0 Å². The minimum absolute atomic E-state index is 0.357. The van der Waals surface area contributed by atoms with Gasteiger partial charge in [0, 0.05) is 13.1 Å². The topological polar surface area (TPSA) is 23.5 Å². The molecule has 1 atom stereocenters. The van der Waals surface area contributed by atoms with Crippen molar-refractivity contribution < 1.29 is 5.11 Å². The number of aliphatic hydroxyl groups is 1. The Morgan fingerprint density at radius 1 is 1.33 bits per heavy atom. The third-order valence-electron chi connectivity index (χ3n) is 3.88. The van der Waals surface area contributed by atoms with Crippen molar-refractivity contribution in [1.29, 1.82) is 0 Å². The molecule has 0 bridgehead atoms. The molecule has 1 unspecified atom stereocenters. The van der Waals surface area contributed by atoms with E-state index < -0.39 is 0 Å². The van der Waals surface area contributed by atoms with Gasteiger partial charge in [0.15, 0.2) is 0 Å². The molecule has 0 aliphatic heterocycles. The number of hydrogen-bond donors (Lipinski definition) is 1. The number of aliphatic hydroxyl groups excluding tert-OH is 1. The molecule has 0 spiro atoms. The lowest BCUT2D eigenvalue weighted by molar-refractivity contribution is 0.113. The molecular weight excluding hydrogens is 222 g/mol. The number of nitrogens with zero attached hydrogens (tertiary/aromatic N) is 1. The molecule has 0 radical (unpaired) electrons. The van der Waals surface area contributed by atoms with E-state index >= 15 is 0 Å². The molecule has 0 amide bonds. The second kappa shape index (κ2) is 5.85. The predicted octanol–water partition coefficient (Wildman–Crippen LogP) is 3.07. The molecule has 2 nitrogen and oxygen atoms in total. The van der Waals surface area contributed by atoms with Crippen molar-refractivity contribution in [2.75, 3.05) is 19.6 Å². The van der Waals surface area contributed by atoms with Crippen LogP contribution in [0, 0.1) is 19.8 Å². The van der Waals surface area contributed by atoms with Crippen LogP contribution in [0.25, 0.3) is 0 Å². The van der Waals surface area contributed by atoms with Crippen LogP contribution in [0.15, 0.2) is 18.2 Å². The van der Waals surface area contributed by atoms with E-state index in [0.29, 0.717) is 0 Å². The number of rotatable bonds is 6. The maximum Gasteiger partial charge on any atom is 0.0919 e. The summed E-state index contributed by atoms with van der Waals surface area (Å²) < 4.78 is 0. The monoisotopic (exact) mass is 247 g/mol. The van der Waals surface area contributed by atoms with E-state index in [-0.39, 0.29) is 6.10 Å². The first-order chi connectivity index (χ1) is 8.60. The fourth-order valence-corrected chi connectivity index (χ4v) is 2.54. The van der Waals surface area contributed by atoms with E-state index in [1.54, 1.807) is 0 Å². The standard InChI is InChI=1S/C16H25NO/c1-4-17(10-14-6-7-14)11-16(18)15-8-5-12(2)9-13(15)3/h5,8-9,14,16,18H,4,6-7,10-11H2,1-3H3. The van der Waals surface area contributed by atoms with Crippen molar-refractivity contribution >= 4 is 0 Å². The Bertz CT molecular complexity index is 398. The molecule has 0 aromatic heterocycles. The maximum absolute atomic E-state index is 10.4. The van der Waals surface area contributed by atoms with E-state index in [1.165, 1.54) is 24.0 Å². The summed E-state index contributed by atoms with van der Waals surface area (Å²) in [4.78, 5) is 2.38. The van der Waals surface area contributed by atoms with Crippen LogP contribution < -0.4 is 0 Å². The lowest BCUT2D eigenvalue weighted by Gasteiger charge is -2.24. The summed E-state index contributed by atoms with van der Waals surface area (Å²) in [6, 6.07) is 6.30. The van der Waals surface area contributed by atoms with Crippen molar-refractivity contribution in [3.05, 3.63) is 34.9 Å². The van der Waals surface area contributed by atoms with Gasteiger partial charge in [-0.3, -0.25) is 0 Å². The van der Waals surface area contributed by atoms with Gasteiger partial charge in [-0.25, -0.2) is 0 Å². The van der Waals surface area contributed by atoms with Crippen LogP contribution >= 0.6 is 0 Å². The summed E-state index contributed by atoms with van der Waals surface area (Å²) in [6.45, 7) is 9.29. The van der Waals surface area contributed by atoms with Gasteiger partial charge in [-0.05, 0) is 50.3 Å². The predicted molar refractivity (Wildman–Crippen MR) is 75.7 cm³/mol. The van der Waals surface area contributed by atoms with Crippen molar-refractivity contribution in [3.63, 3.8) is 0 Å². The Labute approximate surface area is 111 Å². The van der Waals surface area contributed by atoms with Gasteiger partial charge >= 0.3 is 0 Å². The highest BCUT2D eigenvalue weighted by molar-refractivity contribution is 5.32. The lowest BCUT2D eigenvalue weighted by Crippen LogP contribution is -2.30. The molecule has 1 aromatic rings. The first-order valence-corrected chi connectivity index (χ1v) is 7.07. The van der Waals surface area contributed by atoms with Crippen LogP contribution in [0.5, 0.6) is 0 Å². The highest BCUT2D eigenvalue weighted by Crippen LogP contribution is 2.30. The first-order valence-electron chi connectivity index (χ1n) is 7.07. The van der Waals surface area contributed by atoms with Crippen molar-refractivity contribution in [2.45, 2.75) is 39.7 Å². The first kappa shape index (κ1) is 13.6. The molecule has 2 heteroatoms. The van der Waals surface area contributed by atoms with Crippen LogP contribution in [0.2, 0.25) is 0 Å². The molecular formula is C16H25NO. The van der Waals surface area contributed by atoms with Gasteiger partial charge in [-0.15, -0.1) is 0 Å². The zero-order chi connectivity index (χ0) is 13.1. The van der Waals surface area contributed by atoms with E-state index in [1.807, 2.05) is 0 Å². The summed E-state index contributed by atoms with van der Waals surface area (Å²) in [7, 11) is 0. The van der Waals surface area contributed by atoms with E-state index in [4.69, 9.17) is 0 Å². The van der Waals surface area contributed by atoms with E-state index in [2.05, 4.69) is 43.9 Å². The molecule has 1 saturated carbocycles. The Morgan fingerprint density at radius 3 is 2.61 bits per heavy atom. The molecule has 18 heavy (non-hydrogen) atoms. The van der Waals surface area contributed by atoms with E-state index in [9.17, 15) is 5.11 Å². The minimum Gasteiger partial charge on any atom is -0.387 e. The SMILES string of the molecule is CCN(CC1CC1)CC(O)c1ccc(C)cc1C. The molecule has 100 valence electrons. The third kappa shape index (κ3) is 3.56. The summed E-state index contributed by atoms with van der Waals surface area (Å²) >= 11 is 0. The second-order valence-corrected chi connectivity index (χ2v) is 5.67. The largest absolute Gasteiger partial charge is 0.387 e. The molecule has 0 saturated heterocycles. The Hall–Kier alpha value is -0.860. The normalized spacial score (nSPS) is 17.2. The molecule has 1 aliphatic rings. The summed E-state index contributed by atoms with van der Waals surface area (Å²) in [6.07, 6.45) is 2.39. The zero-order valence-electron chi connectivity index (χ0n) is 11.8. The molecule has 2 rings (SSSR count). The van der Waals surface area contributed by atoms with Crippen LogP contribution in [-0.2, 0) is 0 Å². The quantitative estimate of drug-likeness (QED) is 0.835. The van der Waals surface area contributed by atoms with E-state index in [0.717, 1.165) is 31.1 Å². The van der Waals surface area contributed by atoms with Gasteiger partial charge in [0.2, 0.25) is 0 Å². The summed E-state index contributed by atoms with van der Waals surface area (Å²) in [5, 5.41) is 10.4. The Kier molecular flexibility index (Phi) is 4.41. The Morgan fingerprint density at radius 2 is 2.06 bits per heavy atom. The summed E-state index contributed by atoms with van der Waals surface area (Å²) in [5.74, 6) is 0.885. The van der Waals surface area contributed by atoms with Gasteiger partial charge in [-0.1, -0.05) is 30.7 Å². The average Bonchev–Trinajstić information content (AvgIpc) is 3.11. The lowest BCUT2D eigenvalue weighted by atomic mass is 10.0. The van der Waals surface area contributed by atoms with Crippen LogP contribution in [0.1, 0.15) is 42.6 Å². The molecule has 0 heterocycles. The second-order valence-electron chi connectivity index (χ2n) is 5.67. The fourth-order valence-electron chi connectivity index (χ4n) is 2.54. The van der Waals surface area contributed by atoms with Gasteiger partial charge < -0.3 is 10.0 Å². The summed E-state index contributed by atoms with van der Waals surface area (Å²) in [5.41, 5.74) is 3.54. The van der Waals surface area contributed by atoms with Gasteiger partial charge in [-0.2, -0.15) is 0 Å². The van der Waals surface area contributed by atoms with Crippen LogP contribution in [-0.4, -0.2) is 29.6 Å². The van der Waals surface area contributed by atoms with Crippen molar-refractivity contribution in [2.24, 2.45) is 5.92 Å². The molecule has 1 N–H and O–H groups in total. The third-order valence-corrected chi connectivity index (χ3v) is 3.88. The van der Waals surface area contributed by atoms with Gasteiger partial charge in [0.25, 0.3) is 0 Å². The number of benzene rings is 1. The highest BCUT2D eigenvalue weighted by atomic mass is 16.3. The molecule has 1 aromatic carbocycles. The highest BCUT2D eigenvalue weighted by Gasteiger charge is 2.25.